The number of hydrazine groups is 1. The maximum Gasteiger partial charge on any atom is 0.158 e. The van der Waals surface area contributed by atoms with Gasteiger partial charge in [0.1, 0.15) is 11.4 Å². The number of benzene rings is 1. The lowest BCUT2D eigenvalue weighted by Gasteiger charge is -2.08. The first-order chi connectivity index (χ1) is 8.72. The lowest BCUT2D eigenvalue weighted by atomic mass is 10.1. The van der Waals surface area contributed by atoms with Crippen LogP contribution >= 0.6 is 27.7 Å². The van der Waals surface area contributed by atoms with Crippen molar-refractivity contribution < 1.29 is 0 Å². The Kier molecular flexibility index (Phi) is 4.57. The van der Waals surface area contributed by atoms with E-state index < -0.39 is 0 Å². The zero-order valence-corrected chi connectivity index (χ0v) is 12.3. The SMILES string of the molecule is Cc1ccccc1CSc1ncnc(NN)c1Br. The molecule has 1 heterocycles. The van der Waals surface area contributed by atoms with E-state index >= 15 is 0 Å². The molecule has 0 aliphatic rings. The Hall–Kier alpha value is -1.11. The number of hydrogen-bond acceptors (Lipinski definition) is 5. The van der Waals surface area contributed by atoms with Crippen molar-refractivity contribution >= 4 is 33.5 Å². The number of rotatable bonds is 4. The summed E-state index contributed by atoms with van der Waals surface area (Å²) in [5, 5.41) is 0.876. The third-order valence-electron chi connectivity index (χ3n) is 2.52. The first kappa shape index (κ1) is 13.3. The van der Waals surface area contributed by atoms with Gasteiger partial charge in [-0.1, -0.05) is 24.3 Å². The predicted octanol–water partition coefficient (Wildman–Crippen LogP) is 3.13. The second-order valence-corrected chi connectivity index (χ2v) is 5.46. The first-order valence-electron chi connectivity index (χ1n) is 5.36. The minimum absolute atomic E-state index is 0.595. The van der Waals surface area contributed by atoms with Gasteiger partial charge in [-0.05, 0) is 34.0 Å². The fourth-order valence-corrected chi connectivity index (χ4v) is 3.10. The zero-order valence-electron chi connectivity index (χ0n) is 9.85. The summed E-state index contributed by atoms with van der Waals surface area (Å²) in [6.45, 7) is 2.11. The van der Waals surface area contributed by atoms with Crippen molar-refractivity contribution in [2.45, 2.75) is 17.7 Å². The molecule has 6 heteroatoms. The molecule has 2 rings (SSSR count). The van der Waals surface area contributed by atoms with Crippen molar-refractivity contribution in [1.82, 2.24) is 9.97 Å². The predicted molar refractivity (Wildman–Crippen MR) is 78.3 cm³/mol. The zero-order chi connectivity index (χ0) is 13.0. The smallest absolute Gasteiger partial charge is 0.158 e. The van der Waals surface area contributed by atoms with Crippen LogP contribution in [-0.4, -0.2) is 9.97 Å². The molecule has 2 aromatic rings. The van der Waals surface area contributed by atoms with Gasteiger partial charge in [0.2, 0.25) is 0 Å². The lowest BCUT2D eigenvalue weighted by molar-refractivity contribution is 1.02. The van der Waals surface area contributed by atoms with Crippen molar-refractivity contribution in [3.05, 3.63) is 46.2 Å². The van der Waals surface area contributed by atoms with Gasteiger partial charge in [0.15, 0.2) is 5.82 Å². The van der Waals surface area contributed by atoms with Gasteiger partial charge >= 0.3 is 0 Å². The van der Waals surface area contributed by atoms with Crippen LogP contribution in [0.15, 0.2) is 40.1 Å². The average molecular weight is 325 g/mol. The Morgan fingerprint density at radius 3 is 2.83 bits per heavy atom. The quantitative estimate of drug-likeness (QED) is 0.391. The van der Waals surface area contributed by atoms with E-state index in [0.29, 0.717) is 5.82 Å². The summed E-state index contributed by atoms with van der Waals surface area (Å²) in [5.41, 5.74) is 5.12. The highest BCUT2D eigenvalue weighted by Gasteiger charge is 2.08. The largest absolute Gasteiger partial charge is 0.307 e. The number of aryl methyl sites for hydroxylation is 1. The van der Waals surface area contributed by atoms with E-state index in [1.807, 2.05) is 12.1 Å². The summed E-state index contributed by atoms with van der Waals surface area (Å²) in [5.74, 6) is 6.83. The molecule has 94 valence electrons. The minimum atomic E-state index is 0.595. The topological polar surface area (TPSA) is 63.8 Å². The number of halogens is 1. The summed E-state index contributed by atoms with van der Waals surface area (Å²) < 4.78 is 0.797. The minimum Gasteiger partial charge on any atom is -0.307 e. The number of anilines is 1. The van der Waals surface area contributed by atoms with E-state index in [-0.39, 0.29) is 0 Å². The number of nitrogens with two attached hydrogens (primary N) is 1. The number of aromatic nitrogens is 2. The molecule has 0 fully saturated rings. The van der Waals surface area contributed by atoms with Crippen LogP contribution in [0.3, 0.4) is 0 Å². The number of nitrogen functional groups attached to an aromatic ring is 1. The number of hydrogen-bond donors (Lipinski definition) is 2. The van der Waals surface area contributed by atoms with Crippen LogP contribution in [0, 0.1) is 6.92 Å². The summed E-state index contributed by atoms with van der Waals surface area (Å²) >= 11 is 5.10. The molecule has 3 N–H and O–H groups in total. The van der Waals surface area contributed by atoms with Crippen LogP contribution in [0.25, 0.3) is 0 Å². The van der Waals surface area contributed by atoms with Crippen LogP contribution in [0.4, 0.5) is 5.82 Å². The third-order valence-corrected chi connectivity index (χ3v) is 4.57. The molecule has 18 heavy (non-hydrogen) atoms. The van der Waals surface area contributed by atoms with Gasteiger partial charge in [0.05, 0.1) is 4.47 Å². The first-order valence-corrected chi connectivity index (χ1v) is 7.14. The molecule has 0 spiro atoms. The number of nitrogens with zero attached hydrogens (tertiary/aromatic N) is 2. The van der Waals surface area contributed by atoms with Gasteiger partial charge in [0, 0.05) is 5.75 Å². The molecular formula is C12H13BrN4S. The molecule has 1 aromatic carbocycles. The van der Waals surface area contributed by atoms with Crippen LogP contribution in [0.1, 0.15) is 11.1 Å². The maximum atomic E-state index is 5.37. The van der Waals surface area contributed by atoms with Crippen LogP contribution < -0.4 is 11.3 Å². The van der Waals surface area contributed by atoms with Gasteiger partial charge in [-0.3, -0.25) is 0 Å². The summed E-state index contributed by atoms with van der Waals surface area (Å²) in [7, 11) is 0. The average Bonchev–Trinajstić information content (AvgIpc) is 2.39. The number of thioether (sulfide) groups is 1. The molecule has 4 nitrogen and oxygen atoms in total. The van der Waals surface area contributed by atoms with E-state index in [1.54, 1.807) is 11.8 Å². The second-order valence-electron chi connectivity index (χ2n) is 3.70. The molecule has 0 bridgehead atoms. The molecule has 0 unspecified atom stereocenters. The van der Waals surface area contributed by atoms with Crippen LogP contribution in [0.5, 0.6) is 0 Å². The Labute approximate surface area is 119 Å². The fraction of sp³-hybridized carbons (Fsp3) is 0.167. The summed E-state index contributed by atoms with van der Waals surface area (Å²) in [4.78, 5) is 8.26. The summed E-state index contributed by atoms with van der Waals surface area (Å²) in [6.07, 6.45) is 1.50. The molecule has 0 aliphatic heterocycles. The van der Waals surface area contributed by atoms with Crippen molar-refractivity contribution in [3.8, 4) is 0 Å². The van der Waals surface area contributed by atoms with Crippen molar-refractivity contribution in [3.63, 3.8) is 0 Å². The summed E-state index contributed by atoms with van der Waals surface area (Å²) in [6, 6.07) is 8.32. The molecule has 0 saturated heterocycles. The van der Waals surface area contributed by atoms with Gasteiger partial charge in [-0.2, -0.15) is 0 Å². The Balaban J connectivity index is 2.14. The standard InChI is InChI=1S/C12H13BrN4S/c1-8-4-2-3-5-9(8)6-18-12-10(13)11(17-14)15-7-16-12/h2-5,7H,6,14H2,1H3,(H,15,16,17). The van der Waals surface area contributed by atoms with E-state index in [4.69, 9.17) is 5.84 Å². The van der Waals surface area contributed by atoms with Gasteiger partial charge < -0.3 is 5.43 Å². The highest BCUT2D eigenvalue weighted by Crippen LogP contribution is 2.32. The molecule has 0 atom stereocenters. The van der Waals surface area contributed by atoms with Crippen molar-refractivity contribution in [1.29, 1.82) is 0 Å². The van der Waals surface area contributed by atoms with Crippen molar-refractivity contribution in [2.24, 2.45) is 5.84 Å². The van der Waals surface area contributed by atoms with Crippen LogP contribution in [0.2, 0.25) is 0 Å². The Morgan fingerprint density at radius 1 is 1.33 bits per heavy atom. The Bertz CT molecular complexity index is 547. The number of nitrogens with one attached hydrogen (secondary N) is 1. The van der Waals surface area contributed by atoms with E-state index in [1.165, 1.54) is 17.5 Å². The molecular weight excluding hydrogens is 312 g/mol. The highest BCUT2D eigenvalue weighted by molar-refractivity contribution is 9.10. The van der Waals surface area contributed by atoms with Gasteiger partial charge in [-0.15, -0.1) is 11.8 Å². The van der Waals surface area contributed by atoms with Crippen LogP contribution in [-0.2, 0) is 5.75 Å². The van der Waals surface area contributed by atoms with E-state index in [0.717, 1.165) is 15.3 Å². The molecule has 0 aliphatic carbocycles. The van der Waals surface area contributed by atoms with Crippen molar-refractivity contribution in [2.75, 3.05) is 5.43 Å². The molecule has 1 aromatic heterocycles. The normalized spacial score (nSPS) is 10.4. The molecule has 0 amide bonds. The van der Waals surface area contributed by atoms with E-state index in [9.17, 15) is 0 Å². The third kappa shape index (κ3) is 3.01. The maximum absolute atomic E-state index is 5.37. The molecule has 0 radical (unpaired) electrons. The lowest BCUT2D eigenvalue weighted by Crippen LogP contribution is -2.09. The highest BCUT2D eigenvalue weighted by atomic mass is 79.9. The fourth-order valence-electron chi connectivity index (χ4n) is 1.47. The van der Waals surface area contributed by atoms with E-state index in [2.05, 4.69) is 50.4 Å². The molecule has 0 saturated carbocycles. The van der Waals surface area contributed by atoms with Gasteiger partial charge in [0.25, 0.3) is 0 Å². The monoisotopic (exact) mass is 324 g/mol. The van der Waals surface area contributed by atoms with Gasteiger partial charge in [-0.25, -0.2) is 15.8 Å². The second kappa shape index (κ2) is 6.17. The Morgan fingerprint density at radius 2 is 2.11 bits per heavy atom.